The van der Waals surface area contributed by atoms with E-state index in [0.717, 1.165) is 25.1 Å². The van der Waals surface area contributed by atoms with E-state index < -0.39 is 0 Å². The Hall–Kier alpha value is -1.02. The van der Waals surface area contributed by atoms with Crippen LogP contribution in [0.4, 0.5) is 0 Å². The lowest BCUT2D eigenvalue weighted by atomic mass is 10.0. The first kappa shape index (κ1) is 12.1. The summed E-state index contributed by atoms with van der Waals surface area (Å²) < 4.78 is 5.41. The third-order valence-corrected chi connectivity index (χ3v) is 2.66. The predicted molar refractivity (Wildman–Crippen MR) is 64.7 cm³/mol. The molecule has 0 fully saturated rings. The van der Waals surface area contributed by atoms with Crippen molar-refractivity contribution in [3.8, 4) is 5.75 Å². The summed E-state index contributed by atoms with van der Waals surface area (Å²) in [7, 11) is 3.73. The number of nitrogens with one attached hydrogen (secondary N) is 1. The summed E-state index contributed by atoms with van der Waals surface area (Å²) in [6, 6.07) is 4.47. The average Bonchev–Trinajstić information content (AvgIpc) is 2.25. The van der Waals surface area contributed by atoms with Crippen LogP contribution in [-0.2, 0) is 12.8 Å². The Bertz CT molecular complexity index is 321. The molecule has 0 unspecified atom stereocenters. The van der Waals surface area contributed by atoms with Crippen molar-refractivity contribution in [1.82, 2.24) is 5.32 Å². The highest BCUT2D eigenvalue weighted by atomic mass is 16.5. The van der Waals surface area contributed by atoms with Gasteiger partial charge in [0, 0.05) is 0 Å². The highest BCUT2D eigenvalue weighted by Crippen LogP contribution is 2.25. The molecule has 0 bridgehead atoms. The molecule has 0 heterocycles. The molecule has 0 saturated heterocycles. The molecule has 0 aromatic heterocycles. The van der Waals surface area contributed by atoms with E-state index in [4.69, 9.17) is 4.74 Å². The minimum Gasteiger partial charge on any atom is -0.496 e. The van der Waals surface area contributed by atoms with Crippen molar-refractivity contribution in [3.63, 3.8) is 0 Å². The van der Waals surface area contributed by atoms with Crippen molar-refractivity contribution in [2.75, 3.05) is 20.7 Å². The van der Waals surface area contributed by atoms with Crippen LogP contribution < -0.4 is 10.1 Å². The maximum Gasteiger partial charge on any atom is 0.124 e. The van der Waals surface area contributed by atoms with Gasteiger partial charge in [-0.05, 0) is 50.0 Å². The summed E-state index contributed by atoms with van der Waals surface area (Å²) in [6.07, 6.45) is 2.10. The second kappa shape index (κ2) is 5.76. The van der Waals surface area contributed by atoms with Gasteiger partial charge in [-0.2, -0.15) is 0 Å². The standard InChI is InChI=1S/C13H21NO/c1-5-12-9-11(6-7-14-3)8-10(2)13(12)15-4/h8-9,14H,5-7H2,1-4H3. The van der Waals surface area contributed by atoms with Gasteiger partial charge in [-0.15, -0.1) is 0 Å². The fourth-order valence-electron chi connectivity index (χ4n) is 1.90. The molecular formula is C13H21NO. The zero-order chi connectivity index (χ0) is 11.3. The molecule has 0 aliphatic heterocycles. The molecular weight excluding hydrogens is 186 g/mol. The van der Waals surface area contributed by atoms with Gasteiger partial charge in [-0.1, -0.05) is 19.1 Å². The molecule has 0 saturated carbocycles. The molecule has 1 aromatic carbocycles. The quantitative estimate of drug-likeness (QED) is 0.800. The first-order valence-corrected chi connectivity index (χ1v) is 5.53. The van der Waals surface area contributed by atoms with Gasteiger partial charge in [0.1, 0.15) is 5.75 Å². The SMILES string of the molecule is CCc1cc(CCNC)cc(C)c1OC. The second-order valence-electron chi connectivity index (χ2n) is 3.81. The third-order valence-electron chi connectivity index (χ3n) is 2.66. The first-order valence-electron chi connectivity index (χ1n) is 5.53. The fourth-order valence-corrected chi connectivity index (χ4v) is 1.90. The summed E-state index contributed by atoms with van der Waals surface area (Å²) in [4.78, 5) is 0. The highest BCUT2D eigenvalue weighted by Gasteiger charge is 2.06. The molecule has 15 heavy (non-hydrogen) atoms. The molecule has 0 aliphatic rings. The van der Waals surface area contributed by atoms with Gasteiger partial charge in [-0.3, -0.25) is 0 Å². The average molecular weight is 207 g/mol. The molecule has 0 aliphatic carbocycles. The van der Waals surface area contributed by atoms with Gasteiger partial charge < -0.3 is 10.1 Å². The maximum absolute atomic E-state index is 5.41. The van der Waals surface area contributed by atoms with Crippen molar-refractivity contribution in [2.24, 2.45) is 0 Å². The Morgan fingerprint density at radius 3 is 2.60 bits per heavy atom. The Morgan fingerprint density at radius 1 is 1.33 bits per heavy atom. The van der Waals surface area contributed by atoms with Gasteiger partial charge in [0.15, 0.2) is 0 Å². The van der Waals surface area contributed by atoms with Crippen LogP contribution in [-0.4, -0.2) is 20.7 Å². The van der Waals surface area contributed by atoms with Crippen molar-refractivity contribution >= 4 is 0 Å². The van der Waals surface area contributed by atoms with Crippen LogP contribution in [0.1, 0.15) is 23.6 Å². The van der Waals surface area contributed by atoms with Gasteiger partial charge in [0.05, 0.1) is 7.11 Å². The van der Waals surface area contributed by atoms with E-state index in [1.165, 1.54) is 16.7 Å². The Morgan fingerprint density at radius 2 is 2.07 bits per heavy atom. The number of hydrogen-bond donors (Lipinski definition) is 1. The number of likely N-dealkylation sites (N-methyl/N-ethyl adjacent to an activating group) is 1. The summed E-state index contributed by atoms with van der Waals surface area (Å²) >= 11 is 0. The molecule has 0 radical (unpaired) electrons. The summed E-state index contributed by atoms with van der Waals surface area (Å²) in [5.74, 6) is 1.05. The lowest BCUT2D eigenvalue weighted by Gasteiger charge is -2.12. The van der Waals surface area contributed by atoms with Crippen LogP contribution in [0.15, 0.2) is 12.1 Å². The van der Waals surface area contributed by atoms with E-state index in [-0.39, 0.29) is 0 Å². The Kier molecular flexibility index (Phi) is 4.63. The number of hydrogen-bond acceptors (Lipinski definition) is 2. The van der Waals surface area contributed by atoms with Crippen molar-refractivity contribution in [3.05, 3.63) is 28.8 Å². The van der Waals surface area contributed by atoms with Crippen LogP contribution in [0.3, 0.4) is 0 Å². The smallest absolute Gasteiger partial charge is 0.124 e. The van der Waals surface area contributed by atoms with E-state index in [1.54, 1.807) is 7.11 Å². The van der Waals surface area contributed by atoms with Crippen molar-refractivity contribution in [1.29, 1.82) is 0 Å². The van der Waals surface area contributed by atoms with Crippen molar-refractivity contribution in [2.45, 2.75) is 26.7 Å². The largest absolute Gasteiger partial charge is 0.496 e. The van der Waals surface area contributed by atoms with Crippen LogP contribution in [0.2, 0.25) is 0 Å². The molecule has 1 aromatic rings. The lowest BCUT2D eigenvalue weighted by Crippen LogP contribution is -2.10. The molecule has 84 valence electrons. The molecule has 2 nitrogen and oxygen atoms in total. The number of rotatable bonds is 5. The predicted octanol–water partition coefficient (Wildman–Crippen LogP) is 2.33. The zero-order valence-corrected chi connectivity index (χ0v) is 10.2. The van der Waals surface area contributed by atoms with Crippen LogP contribution in [0.5, 0.6) is 5.75 Å². The topological polar surface area (TPSA) is 21.3 Å². The molecule has 0 spiro atoms. The fraction of sp³-hybridized carbons (Fsp3) is 0.538. The lowest BCUT2D eigenvalue weighted by molar-refractivity contribution is 0.407. The molecule has 1 N–H and O–H groups in total. The highest BCUT2D eigenvalue weighted by molar-refractivity contribution is 5.44. The molecule has 2 heteroatoms. The van der Waals surface area contributed by atoms with Gasteiger partial charge >= 0.3 is 0 Å². The second-order valence-corrected chi connectivity index (χ2v) is 3.81. The Labute approximate surface area is 92.6 Å². The van der Waals surface area contributed by atoms with E-state index in [2.05, 4.69) is 31.3 Å². The minimum atomic E-state index is 1.02. The monoisotopic (exact) mass is 207 g/mol. The Balaban J connectivity index is 2.97. The molecule has 0 amide bonds. The number of methoxy groups -OCH3 is 1. The van der Waals surface area contributed by atoms with E-state index in [9.17, 15) is 0 Å². The summed E-state index contributed by atoms with van der Waals surface area (Å²) in [6.45, 7) is 5.30. The number of aryl methyl sites for hydroxylation is 2. The normalized spacial score (nSPS) is 10.4. The van der Waals surface area contributed by atoms with E-state index in [1.807, 2.05) is 7.05 Å². The van der Waals surface area contributed by atoms with E-state index in [0.29, 0.717) is 0 Å². The van der Waals surface area contributed by atoms with Crippen LogP contribution in [0.25, 0.3) is 0 Å². The minimum absolute atomic E-state index is 1.02. The van der Waals surface area contributed by atoms with Gasteiger partial charge in [0.25, 0.3) is 0 Å². The summed E-state index contributed by atoms with van der Waals surface area (Å²) in [5, 5.41) is 3.17. The summed E-state index contributed by atoms with van der Waals surface area (Å²) in [5.41, 5.74) is 3.94. The zero-order valence-electron chi connectivity index (χ0n) is 10.2. The number of ether oxygens (including phenoxy) is 1. The van der Waals surface area contributed by atoms with Crippen LogP contribution >= 0.6 is 0 Å². The number of benzene rings is 1. The van der Waals surface area contributed by atoms with Crippen molar-refractivity contribution < 1.29 is 4.74 Å². The molecule has 0 atom stereocenters. The maximum atomic E-state index is 5.41. The third kappa shape index (κ3) is 2.96. The first-order chi connectivity index (χ1) is 7.22. The van der Waals surface area contributed by atoms with Crippen LogP contribution in [0, 0.1) is 6.92 Å². The van der Waals surface area contributed by atoms with Gasteiger partial charge in [-0.25, -0.2) is 0 Å². The molecule has 1 rings (SSSR count). The van der Waals surface area contributed by atoms with E-state index >= 15 is 0 Å². The van der Waals surface area contributed by atoms with Gasteiger partial charge in [0.2, 0.25) is 0 Å².